The quantitative estimate of drug-likeness (QED) is 0.508. The number of para-hydroxylation sites is 1. The standard InChI is InChI=1S/C20H19N5OS/c1-15-7-9-16(10-8-15)19-18(25-14-21-13-22-25)20(23-26-19)24(11-12-27)17-5-3-2-4-6-17/h2-10,13-14,27H,11-12H2,1H3. The van der Waals surface area contributed by atoms with Crippen molar-refractivity contribution in [2.75, 3.05) is 17.2 Å². The first-order valence-electron chi connectivity index (χ1n) is 8.63. The highest BCUT2D eigenvalue weighted by Crippen LogP contribution is 2.37. The Balaban J connectivity index is 1.89. The van der Waals surface area contributed by atoms with Crippen LogP contribution in [0.25, 0.3) is 17.0 Å². The number of nitrogens with zero attached hydrogens (tertiary/aromatic N) is 5. The lowest BCUT2D eigenvalue weighted by Crippen LogP contribution is -2.21. The van der Waals surface area contributed by atoms with Crippen molar-refractivity contribution >= 4 is 24.1 Å². The molecule has 0 aliphatic heterocycles. The van der Waals surface area contributed by atoms with Crippen LogP contribution in [0.2, 0.25) is 0 Å². The van der Waals surface area contributed by atoms with E-state index in [2.05, 4.69) is 39.7 Å². The first-order valence-corrected chi connectivity index (χ1v) is 9.26. The minimum Gasteiger partial charge on any atom is -0.352 e. The lowest BCUT2D eigenvalue weighted by molar-refractivity contribution is 0.432. The molecule has 0 aliphatic rings. The van der Waals surface area contributed by atoms with Crippen molar-refractivity contribution in [3.63, 3.8) is 0 Å². The third-order valence-corrected chi connectivity index (χ3v) is 4.46. The van der Waals surface area contributed by atoms with Gasteiger partial charge in [0.05, 0.1) is 0 Å². The van der Waals surface area contributed by atoms with E-state index in [-0.39, 0.29) is 0 Å². The predicted molar refractivity (Wildman–Crippen MR) is 109 cm³/mol. The van der Waals surface area contributed by atoms with Gasteiger partial charge in [0.2, 0.25) is 5.82 Å². The predicted octanol–water partition coefficient (Wildman–Crippen LogP) is 4.30. The van der Waals surface area contributed by atoms with E-state index in [0.29, 0.717) is 23.9 Å². The smallest absolute Gasteiger partial charge is 0.203 e. The van der Waals surface area contributed by atoms with Crippen LogP contribution in [0.5, 0.6) is 0 Å². The fourth-order valence-electron chi connectivity index (χ4n) is 2.94. The Morgan fingerprint density at radius 3 is 2.52 bits per heavy atom. The summed E-state index contributed by atoms with van der Waals surface area (Å²) in [5.41, 5.74) is 3.88. The Bertz CT molecular complexity index is 997. The zero-order valence-corrected chi connectivity index (χ0v) is 15.8. The number of hydrogen-bond acceptors (Lipinski definition) is 6. The van der Waals surface area contributed by atoms with E-state index in [4.69, 9.17) is 4.52 Å². The van der Waals surface area contributed by atoms with Crippen molar-refractivity contribution in [3.8, 4) is 17.0 Å². The van der Waals surface area contributed by atoms with Crippen LogP contribution in [0.3, 0.4) is 0 Å². The Labute approximate surface area is 162 Å². The maximum Gasteiger partial charge on any atom is 0.203 e. The molecular weight excluding hydrogens is 358 g/mol. The highest BCUT2D eigenvalue weighted by molar-refractivity contribution is 7.80. The molecule has 0 bridgehead atoms. The van der Waals surface area contributed by atoms with Gasteiger partial charge in [0.1, 0.15) is 12.7 Å². The van der Waals surface area contributed by atoms with Crippen LogP contribution >= 0.6 is 12.6 Å². The summed E-state index contributed by atoms with van der Waals surface area (Å²) >= 11 is 4.42. The summed E-state index contributed by atoms with van der Waals surface area (Å²) in [5.74, 6) is 1.99. The van der Waals surface area contributed by atoms with E-state index in [1.54, 1.807) is 11.0 Å². The first-order chi connectivity index (χ1) is 13.3. The maximum atomic E-state index is 5.79. The lowest BCUT2D eigenvalue weighted by atomic mass is 10.1. The second kappa shape index (κ2) is 7.67. The maximum absolute atomic E-state index is 5.79. The molecule has 0 aliphatic carbocycles. The van der Waals surface area contributed by atoms with Crippen LogP contribution in [-0.4, -0.2) is 32.2 Å². The number of benzene rings is 2. The summed E-state index contributed by atoms with van der Waals surface area (Å²) in [6, 6.07) is 18.2. The first kappa shape index (κ1) is 17.4. The lowest BCUT2D eigenvalue weighted by Gasteiger charge is -2.22. The van der Waals surface area contributed by atoms with E-state index in [1.165, 1.54) is 11.9 Å². The van der Waals surface area contributed by atoms with Gasteiger partial charge in [-0.1, -0.05) is 53.2 Å². The molecule has 4 rings (SSSR count). The van der Waals surface area contributed by atoms with Crippen LogP contribution in [0.4, 0.5) is 11.5 Å². The Hall–Kier alpha value is -3.06. The molecule has 0 atom stereocenters. The van der Waals surface area contributed by atoms with Gasteiger partial charge in [-0.05, 0) is 19.1 Å². The number of anilines is 2. The molecular formula is C20H19N5OS. The number of aryl methyl sites for hydroxylation is 1. The fourth-order valence-corrected chi connectivity index (χ4v) is 3.14. The molecule has 136 valence electrons. The molecule has 27 heavy (non-hydrogen) atoms. The van der Waals surface area contributed by atoms with Crippen molar-refractivity contribution in [2.24, 2.45) is 0 Å². The minimum atomic E-state index is 0.649. The molecule has 0 N–H and O–H groups in total. The summed E-state index contributed by atoms with van der Waals surface area (Å²) < 4.78 is 7.48. The van der Waals surface area contributed by atoms with Gasteiger partial charge in [-0.25, -0.2) is 9.67 Å². The van der Waals surface area contributed by atoms with E-state index in [0.717, 1.165) is 16.9 Å². The van der Waals surface area contributed by atoms with E-state index < -0.39 is 0 Å². The monoisotopic (exact) mass is 377 g/mol. The third-order valence-electron chi connectivity index (χ3n) is 4.26. The molecule has 0 spiro atoms. The molecule has 4 aromatic rings. The van der Waals surface area contributed by atoms with Gasteiger partial charge in [-0.2, -0.15) is 17.7 Å². The van der Waals surface area contributed by atoms with Gasteiger partial charge < -0.3 is 9.42 Å². The Morgan fingerprint density at radius 1 is 1.07 bits per heavy atom. The third kappa shape index (κ3) is 3.46. The van der Waals surface area contributed by atoms with Gasteiger partial charge in [0.15, 0.2) is 11.4 Å². The molecule has 0 saturated heterocycles. The second-order valence-electron chi connectivity index (χ2n) is 6.10. The van der Waals surface area contributed by atoms with Crippen molar-refractivity contribution in [1.29, 1.82) is 0 Å². The zero-order chi connectivity index (χ0) is 18.6. The molecule has 0 amide bonds. The van der Waals surface area contributed by atoms with Crippen molar-refractivity contribution in [2.45, 2.75) is 6.92 Å². The summed E-state index contributed by atoms with van der Waals surface area (Å²) in [5, 5.41) is 8.71. The van der Waals surface area contributed by atoms with Crippen molar-refractivity contribution < 1.29 is 4.52 Å². The second-order valence-corrected chi connectivity index (χ2v) is 6.55. The SMILES string of the molecule is Cc1ccc(-c2onc(N(CCS)c3ccccc3)c2-n2cncn2)cc1. The minimum absolute atomic E-state index is 0.649. The van der Waals surface area contributed by atoms with Crippen LogP contribution in [0.15, 0.2) is 71.8 Å². The molecule has 6 nitrogen and oxygen atoms in total. The van der Waals surface area contributed by atoms with Crippen LogP contribution in [-0.2, 0) is 0 Å². The topological polar surface area (TPSA) is 60.0 Å². The molecule has 2 aromatic carbocycles. The van der Waals surface area contributed by atoms with Crippen LogP contribution in [0.1, 0.15) is 5.56 Å². The van der Waals surface area contributed by atoms with Crippen molar-refractivity contribution in [3.05, 3.63) is 72.8 Å². The van der Waals surface area contributed by atoms with Crippen LogP contribution < -0.4 is 4.90 Å². The zero-order valence-electron chi connectivity index (χ0n) is 14.9. The van der Waals surface area contributed by atoms with E-state index >= 15 is 0 Å². The molecule has 2 aromatic heterocycles. The van der Waals surface area contributed by atoms with Gasteiger partial charge >= 0.3 is 0 Å². The number of thiol groups is 1. The van der Waals surface area contributed by atoms with Crippen LogP contribution in [0, 0.1) is 6.92 Å². The molecule has 2 heterocycles. The molecule has 0 saturated carbocycles. The average molecular weight is 377 g/mol. The number of aromatic nitrogens is 4. The van der Waals surface area contributed by atoms with Gasteiger partial charge in [-0.15, -0.1) is 0 Å². The fraction of sp³-hybridized carbons (Fsp3) is 0.150. The molecule has 0 fully saturated rings. The van der Waals surface area contributed by atoms with Gasteiger partial charge in [-0.3, -0.25) is 0 Å². The molecule has 0 unspecified atom stereocenters. The van der Waals surface area contributed by atoms with Crippen molar-refractivity contribution in [1.82, 2.24) is 19.9 Å². The summed E-state index contributed by atoms with van der Waals surface area (Å²) in [6.07, 6.45) is 3.15. The van der Waals surface area contributed by atoms with E-state index in [9.17, 15) is 0 Å². The normalized spacial score (nSPS) is 10.9. The van der Waals surface area contributed by atoms with Gasteiger partial charge in [0.25, 0.3) is 0 Å². The number of rotatable bonds is 6. The largest absolute Gasteiger partial charge is 0.352 e. The Morgan fingerprint density at radius 2 is 1.85 bits per heavy atom. The average Bonchev–Trinajstić information content (AvgIpc) is 3.37. The highest BCUT2D eigenvalue weighted by atomic mass is 32.1. The summed E-state index contributed by atoms with van der Waals surface area (Å²) in [6.45, 7) is 2.73. The molecule has 0 radical (unpaired) electrons. The summed E-state index contributed by atoms with van der Waals surface area (Å²) in [7, 11) is 0. The highest BCUT2D eigenvalue weighted by Gasteiger charge is 2.25. The Kier molecular flexibility index (Phi) is 4.93. The number of hydrogen-bond donors (Lipinski definition) is 1. The van der Waals surface area contributed by atoms with E-state index in [1.807, 2.05) is 54.6 Å². The molecule has 7 heteroatoms. The summed E-state index contributed by atoms with van der Waals surface area (Å²) in [4.78, 5) is 6.17. The van der Waals surface area contributed by atoms with Gasteiger partial charge in [0, 0.05) is 23.5 Å².